The van der Waals surface area contributed by atoms with Crippen LogP contribution >= 0.6 is 11.6 Å². The fourth-order valence-corrected chi connectivity index (χ4v) is 1.66. The van der Waals surface area contributed by atoms with Crippen molar-refractivity contribution in [3.63, 3.8) is 0 Å². The van der Waals surface area contributed by atoms with Crippen molar-refractivity contribution in [2.45, 2.75) is 0 Å². The van der Waals surface area contributed by atoms with Crippen LogP contribution in [0.5, 0.6) is 0 Å². The SMILES string of the molecule is Cn1ccnc1C=NCC(=O)c1cccc(Cl)c1. The Morgan fingerprint density at radius 2 is 2.39 bits per heavy atom. The Labute approximate surface area is 110 Å². The largest absolute Gasteiger partial charge is 0.333 e. The van der Waals surface area contributed by atoms with Crippen molar-refractivity contribution < 1.29 is 4.79 Å². The number of Topliss-reactive ketones (excluding diaryl/α,β-unsaturated/α-hetero) is 1. The molecule has 0 N–H and O–H groups in total. The molecule has 5 heteroatoms. The second kappa shape index (κ2) is 5.60. The van der Waals surface area contributed by atoms with Crippen molar-refractivity contribution in [3.05, 3.63) is 53.1 Å². The number of hydrogen-bond donors (Lipinski definition) is 0. The van der Waals surface area contributed by atoms with Crippen LogP contribution in [-0.2, 0) is 7.05 Å². The van der Waals surface area contributed by atoms with Gasteiger partial charge in [-0.05, 0) is 12.1 Å². The van der Waals surface area contributed by atoms with E-state index in [-0.39, 0.29) is 12.3 Å². The molecular formula is C13H12ClN3O. The van der Waals surface area contributed by atoms with Crippen molar-refractivity contribution in [3.8, 4) is 0 Å². The summed E-state index contributed by atoms with van der Waals surface area (Å²) < 4.78 is 1.83. The van der Waals surface area contributed by atoms with E-state index >= 15 is 0 Å². The fourth-order valence-electron chi connectivity index (χ4n) is 1.46. The van der Waals surface area contributed by atoms with Crippen LogP contribution in [-0.4, -0.2) is 28.1 Å². The lowest BCUT2D eigenvalue weighted by Crippen LogP contribution is -2.04. The first-order chi connectivity index (χ1) is 8.66. The van der Waals surface area contributed by atoms with Gasteiger partial charge in [-0.25, -0.2) is 4.98 Å². The minimum Gasteiger partial charge on any atom is -0.333 e. The molecule has 0 radical (unpaired) electrons. The van der Waals surface area contributed by atoms with Gasteiger partial charge in [0.25, 0.3) is 0 Å². The number of imidazole rings is 1. The Kier molecular flexibility index (Phi) is 3.89. The summed E-state index contributed by atoms with van der Waals surface area (Å²) >= 11 is 5.82. The van der Waals surface area contributed by atoms with Gasteiger partial charge in [-0.15, -0.1) is 0 Å². The summed E-state index contributed by atoms with van der Waals surface area (Å²) in [5, 5.41) is 0.550. The van der Waals surface area contributed by atoms with E-state index < -0.39 is 0 Å². The quantitative estimate of drug-likeness (QED) is 0.627. The second-order valence-corrected chi connectivity index (χ2v) is 4.24. The van der Waals surface area contributed by atoms with Gasteiger partial charge >= 0.3 is 0 Å². The minimum atomic E-state index is -0.0667. The molecule has 0 saturated carbocycles. The first-order valence-electron chi connectivity index (χ1n) is 5.43. The molecule has 0 amide bonds. The molecule has 92 valence electrons. The van der Waals surface area contributed by atoms with Gasteiger partial charge in [-0.3, -0.25) is 9.79 Å². The van der Waals surface area contributed by atoms with Gasteiger partial charge in [0.15, 0.2) is 5.78 Å². The summed E-state index contributed by atoms with van der Waals surface area (Å²) in [4.78, 5) is 20.0. The van der Waals surface area contributed by atoms with Crippen molar-refractivity contribution >= 4 is 23.6 Å². The molecule has 1 heterocycles. The standard InChI is InChI=1S/C13H12ClN3O/c1-17-6-5-16-13(17)9-15-8-12(18)10-3-2-4-11(14)7-10/h2-7,9H,8H2,1H3. The predicted molar refractivity (Wildman–Crippen MR) is 71.5 cm³/mol. The van der Waals surface area contributed by atoms with Crippen LogP contribution in [0.15, 0.2) is 41.7 Å². The van der Waals surface area contributed by atoms with Crippen LogP contribution in [0.2, 0.25) is 5.02 Å². The van der Waals surface area contributed by atoms with Crippen LogP contribution in [0.3, 0.4) is 0 Å². The fraction of sp³-hybridized carbons (Fsp3) is 0.154. The second-order valence-electron chi connectivity index (χ2n) is 3.80. The first-order valence-corrected chi connectivity index (χ1v) is 5.80. The van der Waals surface area contributed by atoms with Gasteiger partial charge in [-0.2, -0.15) is 0 Å². The third-order valence-electron chi connectivity index (χ3n) is 2.45. The number of ketones is 1. The molecule has 2 rings (SSSR count). The van der Waals surface area contributed by atoms with Gasteiger partial charge in [0.2, 0.25) is 0 Å². The molecule has 1 aromatic heterocycles. The van der Waals surface area contributed by atoms with Crippen LogP contribution in [0, 0.1) is 0 Å². The van der Waals surface area contributed by atoms with Crippen LogP contribution in [0.1, 0.15) is 16.2 Å². The van der Waals surface area contributed by atoms with Crippen LogP contribution < -0.4 is 0 Å². The maximum absolute atomic E-state index is 11.8. The van der Waals surface area contributed by atoms with E-state index in [1.807, 2.05) is 17.8 Å². The van der Waals surface area contributed by atoms with E-state index in [9.17, 15) is 4.79 Å². The smallest absolute Gasteiger partial charge is 0.184 e. The lowest BCUT2D eigenvalue weighted by atomic mass is 10.1. The zero-order valence-electron chi connectivity index (χ0n) is 9.88. The van der Waals surface area contributed by atoms with Crippen molar-refractivity contribution in [1.82, 2.24) is 9.55 Å². The van der Waals surface area contributed by atoms with Crippen molar-refractivity contribution in [2.75, 3.05) is 6.54 Å². The lowest BCUT2D eigenvalue weighted by molar-refractivity contribution is 0.100. The predicted octanol–water partition coefficient (Wildman–Crippen LogP) is 2.38. The highest BCUT2D eigenvalue weighted by atomic mass is 35.5. The monoisotopic (exact) mass is 261 g/mol. The summed E-state index contributed by atoms with van der Waals surface area (Å²) in [5.41, 5.74) is 0.569. The Morgan fingerprint density at radius 1 is 1.56 bits per heavy atom. The number of carbonyl (C=O) groups excluding carboxylic acids is 1. The summed E-state index contributed by atoms with van der Waals surface area (Å²) in [5.74, 6) is 0.650. The topological polar surface area (TPSA) is 47.2 Å². The van der Waals surface area contributed by atoms with E-state index in [2.05, 4.69) is 9.98 Å². The number of rotatable bonds is 4. The van der Waals surface area contributed by atoms with Gasteiger partial charge in [-0.1, -0.05) is 23.7 Å². The number of aliphatic imine (C=N–C) groups is 1. The molecule has 0 unspecified atom stereocenters. The normalized spacial score (nSPS) is 11.0. The van der Waals surface area contributed by atoms with Crippen LogP contribution in [0.4, 0.5) is 0 Å². The number of aromatic nitrogens is 2. The minimum absolute atomic E-state index is 0.0667. The van der Waals surface area contributed by atoms with E-state index in [0.717, 1.165) is 0 Å². The van der Waals surface area contributed by atoms with Crippen molar-refractivity contribution in [1.29, 1.82) is 0 Å². The number of benzene rings is 1. The molecule has 0 aliphatic heterocycles. The van der Waals surface area contributed by atoms with Gasteiger partial charge in [0.1, 0.15) is 12.4 Å². The van der Waals surface area contributed by atoms with E-state index in [4.69, 9.17) is 11.6 Å². The molecular weight excluding hydrogens is 250 g/mol. The summed E-state index contributed by atoms with van der Waals surface area (Å²) in [6, 6.07) is 6.85. The first kappa shape index (κ1) is 12.5. The molecule has 0 aliphatic carbocycles. The molecule has 0 fully saturated rings. The highest BCUT2D eigenvalue weighted by molar-refractivity contribution is 6.31. The van der Waals surface area contributed by atoms with Crippen LogP contribution in [0.25, 0.3) is 0 Å². The number of nitrogens with zero attached hydrogens (tertiary/aromatic N) is 3. The lowest BCUT2D eigenvalue weighted by Gasteiger charge is -1.98. The summed E-state index contributed by atoms with van der Waals surface area (Å²) in [6.45, 7) is 0.0905. The Balaban J connectivity index is 2.01. The number of halogens is 1. The molecule has 1 aromatic carbocycles. The van der Waals surface area contributed by atoms with Gasteiger partial charge in [0, 0.05) is 30.0 Å². The molecule has 4 nitrogen and oxygen atoms in total. The highest BCUT2D eigenvalue weighted by Crippen LogP contribution is 2.11. The highest BCUT2D eigenvalue weighted by Gasteiger charge is 2.04. The Hall–Kier alpha value is -1.94. The molecule has 0 spiro atoms. The maximum atomic E-state index is 11.8. The van der Waals surface area contributed by atoms with E-state index in [1.54, 1.807) is 36.7 Å². The number of aryl methyl sites for hydroxylation is 1. The molecule has 0 atom stereocenters. The Morgan fingerprint density at radius 3 is 3.06 bits per heavy atom. The zero-order valence-corrected chi connectivity index (χ0v) is 10.6. The number of carbonyl (C=O) groups is 1. The molecule has 2 aromatic rings. The van der Waals surface area contributed by atoms with Crippen molar-refractivity contribution in [2.24, 2.45) is 12.0 Å². The van der Waals surface area contributed by atoms with E-state index in [0.29, 0.717) is 16.4 Å². The van der Waals surface area contributed by atoms with Gasteiger partial charge < -0.3 is 4.57 Å². The number of hydrogen-bond acceptors (Lipinski definition) is 3. The zero-order chi connectivity index (χ0) is 13.0. The van der Waals surface area contributed by atoms with E-state index in [1.165, 1.54) is 0 Å². The molecule has 18 heavy (non-hydrogen) atoms. The summed E-state index contributed by atoms with van der Waals surface area (Å²) in [7, 11) is 1.87. The average Bonchev–Trinajstić information content (AvgIpc) is 2.75. The molecule has 0 saturated heterocycles. The maximum Gasteiger partial charge on any atom is 0.184 e. The molecule has 0 aliphatic rings. The summed E-state index contributed by atoms with van der Waals surface area (Å²) in [6.07, 6.45) is 5.09. The molecule has 0 bridgehead atoms. The third kappa shape index (κ3) is 3.05. The van der Waals surface area contributed by atoms with Gasteiger partial charge in [0.05, 0.1) is 6.21 Å². The Bertz CT molecular complexity index is 589. The third-order valence-corrected chi connectivity index (χ3v) is 2.68. The average molecular weight is 262 g/mol.